The molecule has 3 heteroatoms. The van der Waals surface area contributed by atoms with E-state index in [4.69, 9.17) is 0 Å². The molecule has 0 aliphatic carbocycles. The minimum absolute atomic E-state index is 1.01. The Morgan fingerprint density at radius 1 is 0.667 bits per heavy atom. The lowest BCUT2D eigenvalue weighted by Gasteiger charge is -2.16. The molecular formula is C18H14Br2Si. The Hall–Kier alpha value is -1.16. The highest BCUT2D eigenvalue weighted by molar-refractivity contribution is 9.11. The molecule has 0 aliphatic heterocycles. The standard InChI is InChI=1S/C18H14Br2Si/c19-14-11-15(21)17(13-9-5-2-6-10-13)18(20)16(14)12-7-3-1-4-8-12/h1-11H,21H3. The Kier molecular flexibility index (Phi) is 4.43. The van der Waals surface area contributed by atoms with Crippen LogP contribution in [0.3, 0.4) is 0 Å². The molecule has 0 aliphatic rings. The molecule has 3 aromatic rings. The Balaban J connectivity index is 2.29. The molecule has 3 aromatic carbocycles. The molecule has 0 fully saturated rings. The fourth-order valence-electron chi connectivity index (χ4n) is 2.57. The van der Waals surface area contributed by atoms with Crippen molar-refractivity contribution in [2.75, 3.05) is 0 Å². The molecule has 3 rings (SSSR count). The predicted molar refractivity (Wildman–Crippen MR) is 102 cm³/mol. The molecule has 104 valence electrons. The van der Waals surface area contributed by atoms with Gasteiger partial charge in [0.1, 0.15) is 0 Å². The summed E-state index contributed by atoms with van der Waals surface area (Å²) in [6.07, 6.45) is 0. The molecule has 0 radical (unpaired) electrons. The van der Waals surface area contributed by atoms with E-state index in [9.17, 15) is 0 Å². The SMILES string of the molecule is [SiH3]c1cc(Br)c(-c2ccccc2)c(Br)c1-c1ccccc1. The molecule has 0 spiro atoms. The topological polar surface area (TPSA) is 0 Å². The van der Waals surface area contributed by atoms with E-state index in [-0.39, 0.29) is 0 Å². The minimum Gasteiger partial charge on any atom is -0.0622 e. The molecule has 0 amide bonds. The Bertz CT molecular complexity index is 704. The molecule has 0 unspecified atom stereocenters. The van der Waals surface area contributed by atoms with Crippen molar-refractivity contribution in [3.63, 3.8) is 0 Å². The van der Waals surface area contributed by atoms with Crippen LogP contribution in [0.2, 0.25) is 0 Å². The van der Waals surface area contributed by atoms with Crippen LogP contribution in [-0.4, -0.2) is 10.2 Å². The summed E-state index contributed by atoms with van der Waals surface area (Å²) in [5.74, 6) is 0. The van der Waals surface area contributed by atoms with Gasteiger partial charge in [-0.2, -0.15) is 0 Å². The highest BCUT2D eigenvalue weighted by atomic mass is 79.9. The Morgan fingerprint density at radius 3 is 1.67 bits per heavy atom. The predicted octanol–water partition coefficient (Wildman–Crippen LogP) is 4.54. The first-order valence-corrected chi connectivity index (χ1v) is 9.36. The van der Waals surface area contributed by atoms with Gasteiger partial charge in [-0.15, -0.1) is 0 Å². The first-order chi connectivity index (χ1) is 10.2. The average molecular weight is 418 g/mol. The number of benzene rings is 3. The van der Waals surface area contributed by atoms with Crippen molar-refractivity contribution in [1.29, 1.82) is 0 Å². The maximum Gasteiger partial charge on any atom is 0.0394 e. The summed E-state index contributed by atoms with van der Waals surface area (Å²) < 4.78 is 2.31. The normalized spacial score (nSPS) is 10.8. The largest absolute Gasteiger partial charge is 0.0622 e. The zero-order chi connectivity index (χ0) is 14.8. The lowest BCUT2D eigenvalue weighted by molar-refractivity contribution is 1.55. The summed E-state index contributed by atoms with van der Waals surface area (Å²) in [5, 5.41) is 1.39. The second-order valence-corrected chi connectivity index (χ2v) is 7.70. The zero-order valence-electron chi connectivity index (χ0n) is 11.6. The van der Waals surface area contributed by atoms with Gasteiger partial charge in [-0.05, 0) is 38.7 Å². The van der Waals surface area contributed by atoms with Crippen LogP contribution in [0.4, 0.5) is 0 Å². The average Bonchev–Trinajstić information content (AvgIpc) is 2.49. The van der Waals surface area contributed by atoms with Gasteiger partial charge in [0.05, 0.1) is 0 Å². The van der Waals surface area contributed by atoms with E-state index in [0.29, 0.717) is 0 Å². The molecule has 0 saturated carbocycles. The van der Waals surface area contributed by atoms with Crippen LogP contribution < -0.4 is 5.19 Å². The fourth-order valence-corrected chi connectivity index (χ4v) is 6.20. The maximum atomic E-state index is 3.85. The maximum absolute atomic E-state index is 3.85. The van der Waals surface area contributed by atoms with Crippen LogP contribution in [0, 0.1) is 0 Å². The molecule has 0 bridgehead atoms. The first-order valence-electron chi connectivity index (χ1n) is 6.78. The van der Waals surface area contributed by atoms with Crippen LogP contribution in [0.1, 0.15) is 0 Å². The van der Waals surface area contributed by atoms with Gasteiger partial charge < -0.3 is 0 Å². The van der Waals surface area contributed by atoms with Crippen LogP contribution in [0.25, 0.3) is 22.3 Å². The van der Waals surface area contributed by atoms with Gasteiger partial charge in [-0.3, -0.25) is 0 Å². The second kappa shape index (κ2) is 6.30. The van der Waals surface area contributed by atoms with Gasteiger partial charge in [0, 0.05) is 24.8 Å². The molecule has 21 heavy (non-hydrogen) atoms. The summed E-state index contributed by atoms with van der Waals surface area (Å²) in [4.78, 5) is 0. The van der Waals surface area contributed by atoms with Crippen molar-refractivity contribution in [2.24, 2.45) is 0 Å². The lowest BCUT2D eigenvalue weighted by atomic mass is 9.99. The van der Waals surface area contributed by atoms with Gasteiger partial charge in [-0.1, -0.05) is 81.8 Å². The summed E-state index contributed by atoms with van der Waals surface area (Å²) in [5.41, 5.74) is 5.01. The molecule has 0 N–H and O–H groups in total. The molecule has 0 heterocycles. The second-order valence-electron chi connectivity index (χ2n) is 4.97. The monoisotopic (exact) mass is 416 g/mol. The first kappa shape index (κ1) is 14.8. The van der Waals surface area contributed by atoms with Crippen molar-refractivity contribution in [1.82, 2.24) is 0 Å². The highest BCUT2D eigenvalue weighted by Gasteiger charge is 2.15. The molecule has 0 atom stereocenters. The van der Waals surface area contributed by atoms with E-state index in [1.165, 1.54) is 31.9 Å². The van der Waals surface area contributed by atoms with Crippen LogP contribution in [0.5, 0.6) is 0 Å². The van der Waals surface area contributed by atoms with Crippen molar-refractivity contribution in [3.05, 3.63) is 75.7 Å². The quantitative estimate of drug-likeness (QED) is 0.537. The van der Waals surface area contributed by atoms with E-state index in [2.05, 4.69) is 92.5 Å². The smallest absolute Gasteiger partial charge is 0.0394 e. The summed E-state index contributed by atoms with van der Waals surface area (Å²) in [6.45, 7) is 0. The minimum atomic E-state index is 1.01. The van der Waals surface area contributed by atoms with Crippen LogP contribution >= 0.6 is 31.9 Å². The highest BCUT2D eigenvalue weighted by Crippen LogP contribution is 2.40. The van der Waals surface area contributed by atoms with Crippen molar-refractivity contribution in [2.45, 2.75) is 0 Å². The molecule has 0 saturated heterocycles. The van der Waals surface area contributed by atoms with E-state index in [1.54, 1.807) is 0 Å². The van der Waals surface area contributed by atoms with Crippen LogP contribution in [0.15, 0.2) is 75.7 Å². The summed E-state index contributed by atoms with van der Waals surface area (Å²) in [6, 6.07) is 23.3. The van der Waals surface area contributed by atoms with Crippen molar-refractivity contribution in [3.8, 4) is 22.3 Å². The van der Waals surface area contributed by atoms with E-state index in [1.807, 2.05) is 6.07 Å². The van der Waals surface area contributed by atoms with Gasteiger partial charge >= 0.3 is 0 Å². The molecule has 0 aromatic heterocycles. The third-order valence-electron chi connectivity index (χ3n) is 3.54. The third kappa shape index (κ3) is 2.91. The van der Waals surface area contributed by atoms with Gasteiger partial charge in [0.25, 0.3) is 0 Å². The summed E-state index contributed by atoms with van der Waals surface area (Å²) >= 11 is 7.58. The Morgan fingerprint density at radius 2 is 1.14 bits per heavy atom. The number of rotatable bonds is 2. The van der Waals surface area contributed by atoms with Crippen molar-refractivity contribution >= 4 is 47.3 Å². The van der Waals surface area contributed by atoms with E-state index < -0.39 is 0 Å². The van der Waals surface area contributed by atoms with Gasteiger partial charge in [-0.25, -0.2) is 0 Å². The molecule has 0 nitrogen and oxygen atoms in total. The number of hydrogen-bond acceptors (Lipinski definition) is 0. The Labute approximate surface area is 144 Å². The summed E-state index contributed by atoms with van der Waals surface area (Å²) in [7, 11) is 1.01. The van der Waals surface area contributed by atoms with Crippen LogP contribution in [-0.2, 0) is 0 Å². The third-order valence-corrected chi connectivity index (χ3v) is 5.75. The van der Waals surface area contributed by atoms with Gasteiger partial charge in [0.15, 0.2) is 0 Å². The van der Waals surface area contributed by atoms with Crippen molar-refractivity contribution < 1.29 is 0 Å². The molecular weight excluding hydrogens is 404 g/mol. The van der Waals surface area contributed by atoms with Gasteiger partial charge in [0.2, 0.25) is 0 Å². The van der Waals surface area contributed by atoms with E-state index >= 15 is 0 Å². The lowest BCUT2D eigenvalue weighted by Crippen LogP contribution is -2.09. The number of hydrogen-bond donors (Lipinski definition) is 0. The number of halogens is 2. The fraction of sp³-hybridized carbons (Fsp3) is 0. The zero-order valence-corrected chi connectivity index (χ0v) is 16.8. The van der Waals surface area contributed by atoms with E-state index in [0.717, 1.165) is 14.7 Å².